The minimum absolute atomic E-state index is 0.190. The maximum atomic E-state index is 13.0. The molecule has 1 aromatic heterocycles. The number of allylic oxidation sites excluding steroid dienone is 1. The molecule has 0 spiro atoms. The summed E-state index contributed by atoms with van der Waals surface area (Å²) in [7, 11) is 0. The van der Waals surface area contributed by atoms with Crippen molar-refractivity contribution in [3.63, 3.8) is 0 Å². The fraction of sp³-hybridized carbons (Fsp3) is 0.103. The third kappa shape index (κ3) is 2.87. The van der Waals surface area contributed by atoms with Gasteiger partial charge in [0.25, 0.3) is 0 Å². The van der Waals surface area contributed by atoms with E-state index in [0.717, 1.165) is 21.3 Å². The molecule has 0 radical (unpaired) electrons. The summed E-state index contributed by atoms with van der Waals surface area (Å²) in [4.78, 5) is 29.1. The van der Waals surface area contributed by atoms with Gasteiger partial charge in [0.15, 0.2) is 11.6 Å². The largest absolute Gasteiger partial charge is 0.301 e. The van der Waals surface area contributed by atoms with Crippen molar-refractivity contribution in [2.45, 2.75) is 19.3 Å². The van der Waals surface area contributed by atoms with Gasteiger partial charge in [-0.1, -0.05) is 74.5 Å². The molecule has 3 nitrogen and oxygen atoms in total. The molecule has 0 saturated heterocycles. The normalized spacial score (nSPS) is 15.8. The first-order chi connectivity index (χ1) is 16.0. The molecule has 4 aromatic rings. The van der Waals surface area contributed by atoms with Gasteiger partial charge in [0, 0.05) is 27.1 Å². The van der Waals surface area contributed by atoms with Crippen LogP contribution in [0.5, 0.6) is 0 Å². The van der Waals surface area contributed by atoms with Crippen molar-refractivity contribution in [2.75, 3.05) is 4.90 Å². The zero-order chi connectivity index (χ0) is 22.7. The van der Waals surface area contributed by atoms with E-state index in [1.165, 1.54) is 11.1 Å². The molecule has 0 saturated carbocycles. The van der Waals surface area contributed by atoms with Crippen molar-refractivity contribution in [2.24, 2.45) is 0 Å². The van der Waals surface area contributed by atoms with Crippen LogP contribution in [0.25, 0.3) is 6.08 Å². The van der Waals surface area contributed by atoms with Gasteiger partial charge < -0.3 is 4.90 Å². The van der Waals surface area contributed by atoms with Crippen LogP contribution in [-0.2, 0) is 5.41 Å². The Labute approximate surface area is 196 Å². The van der Waals surface area contributed by atoms with Gasteiger partial charge in [0.2, 0.25) is 0 Å². The molecule has 2 aliphatic rings. The number of ketones is 2. The highest BCUT2D eigenvalue weighted by molar-refractivity contribution is 7.17. The van der Waals surface area contributed by atoms with Gasteiger partial charge in [-0.05, 0) is 41.5 Å². The lowest BCUT2D eigenvalue weighted by Crippen LogP contribution is -2.29. The second-order valence-electron chi connectivity index (χ2n) is 8.94. The molecule has 160 valence electrons. The van der Waals surface area contributed by atoms with Gasteiger partial charge in [-0.2, -0.15) is 0 Å². The van der Waals surface area contributed by atoms with Crippen molar-refractivity contribution >= 4 is 45.4 Å². The first-order valence-corrected chi connectivity index (χ1v) is 11.8. The molecule has 3 aromatic carbocycles. The monoisotopic (exact) mass is 447 g/mol. The predicted molar refractivity (Wildman–Crippen MR) is 134 cm³/mol. The van der Waals surface area contributed by atoms with E-state index in [-0.39, 0.29) is 22.6 Å². The fourth-order valence-corrected chi connectivity index (χ4v) is 6.21. The zero-order valence-corrected chi connectivity index (χ0v) is 19.1. The molecule has 2 heterocycles. The van der Waals surface area contributed by atoms with Crippen LogP contribution >= 0.6 is 11.3 Å². The number of anilines is 3. The maximum Gasteiger partial charge on any atom is 0.197 e. The van der Waals surface area contributed by atoms with Gasteiger partial charge in [0.1, 0.15) is 5.00 Å². The molecule has 0 N–H and O–H groups in total. The lowest BCUT2D eigenvalue weighted by Gasteiger charge is -2.39. The van der Waals surface area contributed by atoms with E-state index in [2.05, 4.69) is 61.2 Å². The number of thiophene rings is 1. The van der Waals surface area contributed by atoms with Crippen molar-refractivity contribution < 1.29 is 9.59 Å². The maximum absolute atomic E-state index is 13.0. The summed E-state index contributed by atoms with van der Waals surface area (Å²) in [6.45, 7) is 4.47. The zero-order valence-electron chi connectivity index (χ0n) is 18.3. The number of Topliss-reactive ketones (excluding diaryl/α,β-unsaturated/α-hetero) is 2. The number of hydrogen-bond donors (Lipinski definition) is 0. The Morgan fingerprint density at radius 2 is 1.36 bits per heavy atom. The van der Waals surface area contributed by atoms with Crippen molar-refractivity contribution in [3.8, 4) is 0 Å². The summed E-state index contributed by atoms with van der Waals surface area (Å²) < 4.78 is 0. The van der Waals surface area contributed by atoms with E-state index >= 15 is 0 Å². The minimum atomic E-state index is -0.211. The molecule has 6 rings (SSSR count). The molecule has 4 heteroatoms. The number of carbonyl (C=O) groups excluding carboxylic acids is 2. The Kier molecular flexibility index (Phi) is 4.29. The quantitative estimate of drug-likeness (QED) is 0.239. The second-order valence-corrected chi connectivity index (χ2v) is 10.0. The Bertz CT molecular complexity index is 1440. The Balaban J connectivity index is 1.53. The highest BCUT2D eigenvalue weighted by Crippen LogP contribution is 2.55. The second kappa shape index (κ2) is 7.12. The predicted octanol–water partition coefficient (Wildman–Crippen LogP) is 7.32. The van der Waals surface area contributed by atoms with Crippen LogP contribution in [0, 0.1) is 0 Å². The van der Waals surface area contributed by atoms with Gasteiger partial charge in [-0.15, -0.1) is 11.3 Å². The van der Waals surface area contributed by atoms with Crippen LogP contribution in [0.2, 0.25) is 0 Å². The molecular formula is C29H21NO2S. The highest BCUT2D eigenvalue weighted by Gasteiger charge is 2.39. The third-order valence-electron chi connectivity index (χ3n) is 6.63. The number of para-hydroxylation sites is 2. The topological polar surface area (TPSA) is 37.4 Å². The molecule has 0 unspecified atom stereocenters. The first-order valence-electron chi connectivity index (χ1n) is 11.0. The van der Waals surface area contributed by atoms with E-state index < -0.39 is 0 Å². The van der Waals surface area contributed by atoms with Crippen LogP contribution in [0.3, 0.4) is 0 Å². The molecule has 0 amide bonds. The smallest absolute Gasteiger partial charge is 0.197 e. The molecule has 33 heavy (non-hydrogen) atoms. The Morgan fingerprint density at radius 3 is 2.06 bits per heavy atom. The van der Waals surface area contributed by atoms with E-state index in [9.17, 15) is 9.59 Å². The van der Waals surface area contributed by atoms with Crippen LogP contribution in [0.4, 0.5) is 16.4 Å². The van der Waals surface area contributed by atoms with Gasteiger partial charge in [-0.25, -0.2) is 0 Å². The van der Waals surface area contributed by atoms with E-state index in [1.54, 1.807) is 41.7 Å². The number of nitrogens with zero attached hydrogens (tertiary/aromatic N) is 1. The van der Waals surface area contributed by atoms with Crippen molar-refractivity contribution in [3.05, 3.63) is 118 Å². The Hall–Kier alpha value is -3.76. The van der Waals surface area contributed by atoms with Gasteiger partial charge >= 0.3 is 0 Å². The average molecular weight is 448 g/mol. The fourth-order valence-electron chi connectivity index (χ4n) is 4.92. The lowest BCUT2D eigenvalue weighted by molar-refractivity contribution is 0.0990. The summed E-state index contributed by atoms with van der Waals surface area (Å²) >= 11 is 1.62. The summed E-state index contributed by atoms with van der Waals surface area (Å²) in [5.41, 5.74) is 5.71. The molecule has 1 aliphatic carbocycles. The number of hydrogen-bond acceptors (Lipinski definition) is 4. The van der Waals surface area contributed by atoms with Gasteiger partial charge in [0.05, 0.1) is 11.3 Å². The lowest BCUT2D eigenvalue weighted by atomic mass is 9.75. The number of benzene rings is 3. The summed E-state index contributed by atoms with van der Waals surface area (Å²) in [6, 6.07) is 28.0. The van der Waals surface area contributed by atoms with Crippen molar-refractivity contribution in [1.29, 1.82) is 0 Å². The first kappa shape index (κ1) is 19.9. The molecule has 1 aliphatic heterocycles. The average Bonchev–Trinajstić information content (AvgIpc) is 3.36. The Morgan fingerprint density at radius 1 is 0.758 bits per heavy atom. The molecule has 0 fully saturated rings. The van der Waals surface area contributed by atoms with Crippen LogP contribution in [0.1, 0.15) is 50.6 Å². The van der Waals surface area contributed by atoms with Gasteiger partial charge in [-0.3, -0.25) is 9.59 Å². The molecular weight excluding hydrogens is 426 g/mol. The summed E-state index contributed by atoms with van der Waals surface area (Å²) in [6.07, 6.45) is 1.78. The van der Waals surface area contributed by atoms with E-state index in [4.69, 9.17) is 0 Å². The highest BCUT2D eigenvalue weighted by atomic mass is 32.1. The molecule has 0 atom stereocenters. The molecule has 0 bridgehead atoms. The SMILES string of the molecule is CC1(C)c2ccccc2N(c2ccccc2)c2sc(C=C3C(=O)c4ccccc4C3=O)cc21. The number of rotatable bonds is 2. The van der Waals surface area contributed by atoms with E-state index in [0.29, 0.717) is 11.1 Å². The summed E-state index contributed by atoms with van der Waals surface area (Å²) in [5.74, 6) is -0.381. The third-order valence-corrected chi connectivity index (χ3v) is 7.70. The van der Waals surface area contributed by atoms with Crippen LogP contribution in [0.15, 0.2) is 90.5 Å². The summed E-state index contributed by atoms with van der Waals surface area (Å²) in [5, 5.41) is 1.12. The standard InChI is InChI=1S/C29H21NO2S/c1-29(2)23-14-8-9-15-25(23)30(18-10-4-3-5-11-18)28-24(29)17-19(33-28)16-22-26(31)20-12-6-7-13-21(20)27(22)32/h3-17H,1-2H3. The van der Waals surface area contributed by atoms with Crippen molar-refractivity contribution in [1.82, 2.24) is 0 Å². The van der Waals surface area contributed by atoms with E-state index in [1.807, 2.05) is 18.2 Å². The number of carbonyl (C=O) groups is 2. The number of fused-ring (bicyclic) bond motifs is 3. The van der Waals surface area contributed by atoms with Crippen LogP contribution in [-0.4, -0.2) is 11.6 Å². The minimum Gasteiger partial charge on any atom is -0.301 e. The van der Waals surface area contributed by atoms with Crippen LogP contribution < -0.4 is 4.90 Å².